The summed E-state index contributed by atoms with van der Waals surface area (Å²) in [6.45, 7) is 5.01. The Morgan fingerprint density at radius 3 is 2.29 bits per heavy atom. The van der Waals surface area contributed by atoms with Crippen molar-refractivity contribution in [3.8, 4) is 11.5 Å². The zero-order valence-electron chi connectivity index (χ0n) is 19.8. The van der Waals surface area contributed by atoms with Crippen LogP contribution < -0.4 is 9.47 Å². The van der Waals surface area contributed by atoms with Crippen LogP contribution in [0, 0.1) is 5.92 Å². The Hall–Kier alpha value is -2.77. The van der Waals surface area contributed by atoms with Gasteiger partial charge in [0.2, 0.25) is 5.91 Å². The number of piperazine rings is 1. The van der Waals surface area contributed by atoms with Crippen LogP contribution in [-0.4, -0.2) is 80.0 Å². The number of hydrogen-bond donors (Lipinski definition) is 0. The number of likely N-dealkylation sites (tertiary alicyclic amines) is 1. The fourth-order valence-corrected chi connectivity index (χ4v) is 4.89. The molecule has 4 rings (SSSR count). The maximum atomic E-state index is 13.2. The van der Waals surface area contributed by atoms with Gasteiger partial charge in [-0.15, -0.1) is 0 Å². The van der Waals surface area contributed by atoms with E-state index in [-0.39, 0.29) is 17.7 Å². The van der Waals surface area contributed by atoms with Crippen molar-refractivity contribution in [2.45, 2.75) is 19.4 Å². The second-order valence-corrected chi connectivity index (χ2v) is 9.32. The predicted octanol–water partition coefficient (Wildman–Crippen LogP) is 3.55. The molecule has 0 radical (unpaired) electrons. The van der Waals surface area contributed by atoms with Crippen molar-refractivity contribution in [1.82, 2.24) is 14.7 Å². The van der Waals surface area contributed by atoms with Crippen LogP contribution in [0.2, 0.25) is 5.02 Å². The maximum Gasteiger partial charge on any atom is 0.253 e. The van der Waals surface area contributed by atoms with Gasteiger partial charge in [0.1, 0.15) is 0 Å². The van der Waals surface area contributed by atoms with Gasteiger partial charge >= 0.3 is 0 Å². The van der Waals surface area contributed by atoms with Crippen molar-refractivity contribution < 1.29 is 19.1 Å². The topological polar surface area (TPSA) is 62.3 Å². The number of rotatable bonds is 6. The number of hydrogen-bond acceptors (Lipinski definition) is 5. The van der Waals surface area contributed by atoms with Crippen LogP contribution in [0.25, 0.3) is 0 Å². The van der Waals surface area contributed by atoms with Gasteiger partial charge in [-0.2, -0.15) is 0 Å². The molecule has 2 amide bonds. The van der Waals surface area contributed by atoms with Gasteiger partial charge in [0.05, 0.1) is 20.1 Å². The first kappa shape index (κ1) is 24.4. The third-order valence-electron chi connectivity index (χ3n) is 6.69. The molecule has 1 unspecified atom stereocenters. The van der Waals surface area contributed by atoms with E-state index in [9.17, 15) is 9.59 Å². The SMILES string of the molecule is COc1ccc(CN2CCN(C(=O)C3CCCN(C(=O)c4ccc(Cl)cc4)C3)CC2)cc1OC. The van der Waals surface area contributed by atoms with Crippen LogP contribution in [0.4, 0.5) is 0 Å². The first-order valence-corrected chi connectivity index (χ1v) is 12.1. The lowest BCUT2D eigenvalue weighted by Crippen LogP contribution is -2.52. The number of carbonyl (C=O) groups is 2. The van der Waals surface area contributed by atoms with Crippen molar-refractivity contribution in [2.24, 2.45) is 5.92 Å². The molecule has 0 spiro atoms. The van der Waals surface area contributed by atoms with E-state index in [2.05, 4.69) is 4.90 Å². The van der Waals surface area contributed by atoms with Gasteiger partial charge in [-0.1, -0.05) is 17.7 Å². The molecule has 2 aliphatic rings. The fourth-order valence-electron chi connectivity index (χ4n) is 4.76. The molecule has 2 heterocycles. The Bertz CT molecular complexity index is 1010. The van der Waals surface area contributed by atoms with Crippen LogP contribution in [0.1, 0.15) is 28.8 Å². The number of amides is 2. The second kappa shape index (κ2) is 11.1. The summed E-state index contributed by atoms with van der Waals surface area (Å²) in [5.74, 6) is 1.44. The van der Waals surface area contributed by atoms with E-state index in [0.29, 0.717) is 36.8 Å². The normalized spacial score (nSPS) is 19.1. The molecule has 182 valence electrons. The van der Waals surface area contributed by atoms with Crippen molar-refractivity contribution >= 4 is 23.4 Å². The minimum atomic E-state index is -0.137. The Morgan fingerprint density at radius 2 is 1.62 bits per heavy atom. The van der Waals surface area contributed by atoms with Gasteiger partial charge in [0.15, 0.2) is 11.5 Å². The summed E-state index contributed by atoms with van der Waals surface area (Å²) in [5, 5.41) is 0.605. The van der Waals surface area contributed by atoms with E-state index >= 15 is 0 Å². The van der Waals surface area contributed by atoms with Gasteiger partial charge in [0, 0.05) is 56.4 Å². The first-order chi connectivity index (χ1) is 16.5. The average molecular weight is 486 g/mol. The second-order valence-electron chi connectivity index (χ2n) is 8.89. The van der Waals surface area contributed by atoms with Gasteiger partial charge in [-0.05, 0) is 54.8 Å². The first-order valence-electron chi connectivity index (χ1n) is 11.8. The molecule has 2 aliphatic heterocycles. The molecule has 0 bridgehead atoms. The summed E-state index contributed by atoms with van der Waals surface area (Å²) in [5.41, 5.74) is 1.77. The number of nitrogens with zero attached hydrogens (tertiary/aromatic N) is 3. The highest BCUT2D eigenvalue weighted by Gasteiger charge is 2.33. The summed E-state index contributed by atoms with van der Waals surface area (Å²) >= 11 is 5.95. The molecule has 2 saturated heterocycles. The van der Waals surface area contributed by atoms with E-state index in [1.807, 2.05) is 28.0 Å². The molecule has 8 heteroatoms. The van der Waals surface area contributed by atoms with Crippen LogP contribution >= 0.6 is 11.6 Å². The standard InChI is InChI=1S/C26H32ClN3O4/c1-33-23-10-5-19(16-24(23)34-2)17-28-12-14-29(15-13-28)26(32)21-4-3-11-30(18-21)25(31)20-6-8-22(27)9-7-20/h5-10,16,21H,3-4,11-15,17-18H2,1-2H3. The highest BCUT2D eigenvalue weighted by Crippen LogP contribution is 2.28. The molecular formula is C26H32ClN3O4. The molecule has 7 nitrogen and oxygen atoms in total. The van der Waals surface area contributed by atoms with Gasteiger partial charge in [-0.25, -0.2) is 0 Å². The summed E-state index contributed by atoms with van der Waals surface area (Å²) in [4.78, 5) is 32.3. The minimum Gasteiger partial charge on any atom is -0.493 e. The van der Waals surface area contributed by atoms with Crippen LogP contribution in [0.3, 0.4) is 0 Å². The van der Waals surface area contributed by atoms with Crippen molar-refractivity contribution in [2.75, 3.05) is 53.5 Å². The third kappa shape index (κ3) is 5.65. The third-order valence-corrected chi connectivity index (χ3v) is 6.94. The summed E-state index contributed by atoms with van der Waals surface area (Å²) in [6, 6.07) is 12.9. The molecule has 34 heavy (non-hydrogen) atoms. The predicted molar refractivity (Wildman–Crippen MR) is 131 cm³/mol. The van der Waals surface area contributed by atoms with Gasteiger partial charge in [0.25, 0.3) is 5.91 Å². The quantitative estimate of drug-likeness (QED) is 0.626. The molecule has 2 fully saturated rings. The lowest BCUT2D eigenvalue weighted by Gasteiger charge is -2.39. The fraction of sp³-hybridized carbons (Fsp3) is 0.462. The molecule has 2 aromatic carbocycles. The molecule has 0 aliphatic carbocycles. The Labute approximate surface area is 206 Å². The zero-order valence-corrected chi connectivity index (χ0v) is 20.6. The van der Waals surface area contributed by atoms with Crippen molar-refractivity contribution in [3.05, 3.63) is 58.6 Å². The number of halogens is 1. The Balaban J connectivity index is 1.30. The minimum absolute atomic E-state index is 0.0334. The molecule has 0 aromatic heterocycles. The lowest BCUT2D eigenvalue weighted by molar-refractivity contribution is -0.138. The Kier molecular flexibility index (Phi) is 7.95. The van der Waals surface area contributed by atoms with E-state index in [4.69, 9.17) is 21.1 Å². The number of methoxy groups -OCH3 is 2. The molecule has 0 N–H and O–H groups in total. The van der Waals surface area contributed by atoms with E-state index in [1.54, 1.807) is 38.5 Å². The Morgan fingerprint density at radius 1 is 0.912 bits per heavy atom. The summed E-state index contributed by atoms with van der Waals surface area (Å²) in [6.07, 6.45) is 1.67. The van der Waals surface area contributed by atoms with Gasteiger partial charge < -0.3 is 19.3 Å². The smallest absolute Gasteiger partial charge is 0.253 e. The van der Waals surface area contributed by atoms with Gasteiger partial charge in [-0.3, -0.25) is 14.5 Å². The maximum absolute atomic E-state index is 13.2. The van der Waals surface area contributed by atoms with E-state index in [0.717, 1.165) is 49.5 Å². The molecule has 0 saturated carbocycles. The van der Waals surface area contributed by atoms with Crippen LogP contribution in [0.15, 0.2) is 42.5 Å². The highest BCUT2D eigenvalue weighted by molar-refractivity contribution is 6.30. The van der Waals surface area contributed by atoms with Crippen molar-refractivity contribution in [1.29, 1.82) is 0 Å². The highest BCUT2D eigenvalue weighted by atomic mass is 35.5. The summed E-state index contributed by atoms with van der Waals surface area (Å²) in [7, 11) is 3.27. The van der Waals surface area contributed by atoms with Crippen LogP contribution in [-0.2, 0) is 11.3 Å². The lowest BCUT2D eigenvalue weighted by atomic mass is 9.95. The van der Waals surface area contributed by atoms with Crippen LogP contribution in [0.5, 0.6) is 11.5 Å². The average Bonchev–Trinajstić information content (AvgIpc) is 2.88. The summed E-state index contributed by atoms with van der Waals surface area (Å²) < 4.78 is 10.7. The monoisotopic (exact) mass is 485 g/mol. The van der Waals surface area contributed by atoms with Crippen molar-refractivity contribution in [3.63, 3.8) is 0 Å². The molecular weight excluding hydrogens is 454 g/mol. The van der Waals surface area contributed by atoms with E-state index in [1.165, 1.54) is 0 Å². The largest absolute Gasteiger partial charge is 0.493 e. The number of ether oxygens (including phenoxy) is 2. The number of piperidine rings is 1. The van der Waals surface area contributed by atoms with E-state index < -0.39 is 0 Å². The molecule has 2 aromatic rings. The number of benzene rings is 2. The zero-order chi connectivity index (χ0) is 24.1. The molecule has 1 atom stereocenters. The number of carbonyl (C=O) groups excluding carboxylic acids is 2.